The van der Waals surface area contributed by atoms with Gasteiger partial charge in [0.05, 0.1) is 0 Å². The maximum atomic E-state index is 4.91. The summed E-state index contributed by atoms with van der Waals surface area (Å²) in [6.07, 6.45) is 8.01. The van der Waals surface area contributed by atoms with Gasteiger partial charge in [0.2, 0.25) is 0 Å². The Balaban J connectivity index is 1.86. The smallest absolute Gasteiger partial charge is 0.129 e. The van der Waals surface area contributed by atoms with Gasteiger partial charge in [-0.25, -0.2) is 4.98 Å². The van der Waals surface area contributed by atoms with Crippen molar-refractivity contribution in [2.45, 2.75) is 58.0 Å². The van der Waals surface area contributed by atoms with Crippen molar-refractivity contribution in [1.29, 1.82) is 0 Å². The zero-order valence-corrected chi connectivity index (χ0v) is 12.9. The second-order valence-electron chi connectivity index (χ2n) is 6.30. The van der Waals surface area contributed by atoms with E-state index in [0.717, 1.165) is 24.9 Å². The van der Waals surface area contributed by atoms with E-state index in [4.69, 9.17) is 4.98 Å². The molecule has 3 nitrogen and oxygen atoms in total. The maximum absolute atomic E-state index is 4.91. The number of aromatic nitrogens is 1. The molecule has 2 unspecified atom stereocenters. The highest BCUT2D eigenvalue weighted by Crippen LogP contribution is 2.38. The topological polar surface area (TPSA) is 28.2 Å². The third-order valence-electron chi connectivity index (χ3n) is 4.97. The normalized spacial score (nSPS) is 25.8. The van der Waals surface area contributed by atoms with E-state index in [1.54, 1.807) is 0 Å². The number of nitrogens with one attached hydrogen (secondary N) is 1. The fourth-order valence-electron chi connectivity index (χ4n) is 3.96. The zero-order valence-electron chi connectivity index (χ0n) is 12.9. The van der Waals surface area contributed by atoms with Gasteiger partial charge in [0.1, 0.15) is 5.82 Å². The van der Waals surface area contributed by atoms with Crippen molar-refractivity contribution >= 4 is 5.82 Å². The van der Waals surface area contributed by atoms with Crippen LogP contribution in [0.3, 0.4) is 0 Å². The molecule has 1 saturated carbocycles. The van der Waals surface area contributed by atoms with Crippen LogP contribution in [0.5, 0.6) is 0 Å². The molecule has 2 fully saturated rings. The molecule has 0 bridgehead atoms. The standard InChI is InChI=1S/C17H27N3/c1-3-15-10-13(12-18-2)11-17(19-15)20-9-8-14-6-4-5-7-16(14)20/h10-11,14,16,18H,3-9,12H2,1-2H3. The quantitative estimate of drug-likeness (QED) is 0.913. The molecular weight excluding hydrogens is 246 g/mol. The van der Waals surface area contributed by atoms with Crippen LogP contribution >= 0.6 is 0 Å². The summed E-state index contributed by atoms with van der Waals surface area (Å²) in [5.74, 6) is 2.15. The Hall–Kier alpha value is -1.09. The number of rotatable bonds is 4. The highest BCUT2D eigenvalue weighted by atomic mass is 15.2. The number of pyridine rings is 1. The Morgan fingerprint density at radius 1 is 1.25 bits per heavy atom. The number of fused-ring (bicyclic) bond motifs is 1. The lowest BCUT2D eigenvalue weighted by Gasteiger charge is -2.32. The predicted octanol–water partition coefficient (Wildman–Crippen LogP) is 3.13. The van der Waals surface area contributed by atoms with Crippen molar-refractivity contribution in [3.63, 3.8) is 0 Å². The molecular formula is C17H27N3. The van der Waals surface area contributed by atoms with E-state index >= 15 is 0 Å². The van der Waals surface area contributed by atoms with Gasteiger partial charge in [-0.3, -0.25) is 0 Å². The molecule has 0 radical (unpaired) electrons. The van der Waals surface area contributed by atoms with E-state index < -0.39 is 0 Å². The van der Waals surface area contributed by atoms with Crippen molar-refractivity contribution < 1.29 is 0 Å². The molecule has 110 valence electrons. The van der Waals surface area contributed by atoms with Gasteiger partial charge in [-0.15, -0.1) is 0 Å². The number of aryl methyl sites for hydroxylation is 1. The van der Waals surface area contributed by atoms with Gasteiger partial charge in [0.15, 0.2) is 0 Å². The minimum Gasteiger partial charge on any atom is -0.353 e. The Kier molecular flexibility index (Phi) is 4.25. The minimum absolute atomic E-state index is 0.755. The van der Waals surface area contributed by atoms with Gasteiger partial charge in [0.25, 0.3) is 0 Å². The predicted molar refractivity (Wildman–Crippen MR) is 84.1 cm³/mol. The third kappa shape index (κ3) is 2.69. The average Bonchev–Trinajstić information content (AvgIpc) is 2.91. The molecule has 1 N–H and O–H groups in total. The fraction of sp³-hybridized carbons (Fsp3) is 0.706. The first-order valence-corrected chi connectivity index (χ1v) is 8.23. The van der Waals surface area contributed by atoms with Crippen molar-refractivity contribution in [3.8, 4) is 0 Å². The minimum atomic E-state index is 0.755. The Morgan fingerprint density at radius 3 is 2.90 bits per heavy atom. The first-order valence-electron chi connectivity index (χ1n) is 8.23. The van der Waals surface area contributed by atoms with Gasteiger partial charge in [0, 0.05) is 24.8 Å². The first-order chi connectivity index (χ1) is 9.81. The molecule has 0 spiro atoms. The van der Waals surface area contributed by atoms with E-state index in [2.05, 4.69) is 29.3 Å². The summed E-state index contributed by atoms with van der Waals surface area (Å²) in [5, 5.41) is 3.26. The molecule has 20 heavy (non-hydrogen) atoms. The SMILES string of the molecule is CCc1cc(CNC)cc(N2CCC3CCCCC32)n1. The molecule has 1 aromatic rings. The number of anilines is 1. The molecule has 3 heteroatoms. The Bertz CT molecular complexity index is 458. The highest BCUT2D eigenvalue weighted by Gasteiger charge is 2.36. The lowest BCUT2D eigenvalue weighted by atomic mass is 9.85. The molecule has 1 saturated heterocycles. The van der Waals surface area contributed by atoms with E-state index in [0.29, 0.717) is 0 Å². The molecule has 0 amide bonds. The summed E-state index contributed by atoms with van der Waals surface area (Å²) in [7, 11) is 2.01. The van der Waals surface area contributed by atoms with Crippen LogP contribution in [0.4, 0.5) is 5.82 Å². The van der Waals surface area contributed by atoms with Gasteiger partial charge in [-0.05, 0) is 56.3 Å². The van der Waals surface area contributed by atoms with Crippen molar-refractivity contribution in [2.75, 3.05) is 18.5 Å². The molecule has 3 rings (SSSR count). The summed E-state index contributed by atoms with van der Waals surface area (Å²) in [5.41, 5.74) is 2.60. The molecule has 1 aromatic heterocycles. The number of nitrogens with zero attached hydrogens (tertiary/aromatic N) is 2. The second-order valence-corrected chi connectivity index (χ2v) is 6.30. The van der Waals surface area contributed by atoms with E-state index in [1.165, 1.54) is 55.7 Å². The van der Waals surface area contributed by atoms with Crippen LogP contribution in [0.1, 0.15) is 50.3 Å². The van der Waals surface area contributed by atoms with Crippen molar-refractivity contribution in [1.82, 2.24) is 10.3 Å². The summed E-state index contributed by atoms with van der Waals surface area (Å²) < 4.78 is 0. The largest absolute Gasteiger partial charge is 0.353 e. The molecule has 2 aliphatic rings. The van der Waals surface area contributed by atoms with Crippen LogP contribution in [-0.2, 0) is 13.0 Å². The van der Waals surface area contributed by atoms with Crippen molar-refractivity contribution in [2.24, 2.45) is 5.92 Å². The summed E-state index contributed by atoms with van der Waals surface area (Å²) in [6, 6.07) is 5.30. The molecule has 0 aromatic carbocycles. The van der Waals surface area contributed by atoms with Gasteiger partial charge in [-0.1, -0.05) is 19.8 Å². The van der Waals surface area contributed by atoms with Crippen LogP contribution in [0.15, 0.2) is 12.1 Å². The molecule has 2 heterocycles. The first kappa shape index (κ1) is 13.9. The van der Waals surface area contributed by atoms with Crippen molar-refractivity contribution in [3.05, 3.63) is 23.4 Å². The third-order valence-corrected chi connectivity index (χ3v) is 4.97. The Labute approximate surface area is 122 Å². The summed E-state index contributed by atoms with van der Waals surface area (Å²) in [6.45, 7) is 4.33. The highest BCUT2D eigenvalue weighted by molar-refractivity contribution is 5.45. The van der Waals surface area contributed by atoms with Gasteiger partial charge in [-0.2, -0.15) is 0 Å². The summed E-state index contributed by atoms with van der Waals surface area (Å²) >= 11 is 0. The molecule has 1 aliphatic heterocycles. The second kappa shape index (κ2) is 6.13. The van der Waals surface area contributed by atoms with E-state index in [-0.39, 0.29) is 0 Å². The maximum Gasteiger partial charge on any atom is 0.129 e. The monoisotopic (exact) mass is 273 g/mol. The van der Waals surface area contributed by atoms with Crippen LogP contribution < -0.4 is 10.2 Å². The average molecular weight is 273 g/mol. The molecule has 2 atom stereocenters. The summed E-state index contributed by atoms with van der Waals surface area (Å²) in [4.78, 5) is 7.50. The van der Waals surface area contributed by atoms with E-state index in [1.807, 2.05) is 7.05 Å². The molecule has 1 aliphatic carbocycles. The zero-order chi connectivity index (χ0) is 13.9. The Morgan fingerprint density at radius 2 is 2.10 bits per heavy atom. The van der Waals surface area contributed by atoms with Crippen LogP contribution in [0.25, 0.3) is 0 Å². The lowest BCUT2D eigenvalue weighted by molar-refractivity contribution is 0.341. The van der Waals surface area contributed by atoms with Gasteiger partial charge < -0.3 is 10.2 Å². The van der Waals surface area contributed by atoms with E-state index in [9.17, 15) is 0 Å². The lowest BCUT2D eigenvalue weighted by Crippen LogP contribution is -2.35. The number of hydrogen-bond acceptors (Lipinski definition) is 3. The van der Waals surface area contributed by atoms with Crippen LogP contribution in [0.2, 0.25) is 0 Å². The van der Waals surface area contributed by atoms with Crippen LogP contribution in [0, 0.1) is 5.92 Å². The van der Waals surface area contributed by atoms with Gasteiger partial charge >= 0.3 is 0 Å². The fourth-order valence-corrected chi connectivity index (χ4v) is 3.96. The van der Waals surface area contributed by atoms with Crippen LogP contribution in [-0.4, -0.2) is 24.6 Å². The number of hydrogen-bond donors (Lipinski definition) is 1.